The molecule has 0 aromatic carbocycles. The lowest BCUT2D eigenvalue weighted by atomic mass is 9.88. The van der Waals surface area contributed by atoms with Gasteiger partial charge in [-0.3, -0.25) is 0 Å². The maximum Gasteiger partial charge on any atom is -0.0231 e. The molecular formula is C9H14. The van der Waals surface area contributed by atoms with Gasteiger partial charge < -0.3 is 0 Å². The van der Waals surface area contributed by atoms with Crippen LogP contribution >= 0.6 is 0 Å². The van der Waals surface area contributed by atoms with Crippen LogP contribution in [0.5, 0.6) is 0 Å². The molecule has 0 heteroatoms. The average Bonchev–Trinajstić information content (AvgIpc) is 1.89. The Kier molecular flexibility index (Phi) is 2.32. The van der Waals surface area contributed by atoms with E-state index in [1.165, 1.54) is 24.8 Å². The molecule has 1 aliphatic rings. The summed E-state index contributed by atoms with van der Waals surface area (Å²) in [7, 11) is 0. The molecule has 1 atom stereocenters. The average molecular weight is 122 g/mol. The highest BCUT2D eigenvalue weighted by Gasteiger charge is 2.09. The molecule has 0 fully saturated rings. The molecule has 1 rings (SSSR count). The van der Waals surface area contributed by atoms with Gasteiger partial charge in [-0.25, -0.2) is 0 Å². The smallest absolute Gasteiger partial charge is 0.0231 e. The fourth-order valence-electron chi connectivity index (χ4n) is 1.38. The van der Waals surface area contributed by atoms with Crippen molar-refractivity contribution in [2.24, 2.45) is 5.92 Å². The van der Waals surface area contributed by atoms with Gasteiger partial charge >= 0.3 is 0 Å². The predicted molar refractivity (Wildman–Crippen MR) is 40.0 cm³/mol. The van der Waals surface area contributed by atoms with Crippen LogP contribution in [-0.2, 0) is 0 Å². The third kappa shape index (κ3) is 1.57. The number of hydrogen-bond acceptors (Lipinski definition) is 0. The monoisotopic (exact) mass is 122 g/mol. The zero-order valence-electron chi connectivity index (χ0n) is 6.06. The zero-order chi connectivity index (χ0) is 6.69. The topological polar surface area (TPSA) is 0 Å². The summed E-state index contributed by atoms with van der Waals surface area (Å²) in [6.07, 6.45) is 7.00. The van der Waals surface area contributed by atoms with Crippen LogP contribution in [0.4, 0.5) is 0 Å². The first kappa shape index (κ1) is 6.85. The molecule has 1 unspecified atom stereocenters. The molecule has 0 bridgehead atoms. The molecule has 0 aromatic rings. The van der Waals surface area contributed by atoms with E-state index in [1.54, 1.807) is 0 Å². The Hall–Kier alpha value is -0.260. The van der Waals surface area contributed by atoms with Gasteiger partial charge in [0.15, 0.2) is 0 Å². The third-order valence-corrected chi connectivity index (χ3v) is 2.12. The molecular weight excluding hydrogens is 108 g/mol. The van der Waals surface area contributed by atoms with Crippen LogP contribution in [-0.4, -0.2) is 0 Å². The van der Waals surface area contributed by atoms with E-state index in [2.05, 4.69) is 13.0 Å². The lowest BCUT2D eigenvalue weighted by molar-refractivity contribution is 0.543. The largest absolute Gasteiger partial charge is 0.0851 e. The van der Waals surface area contributed by atoms with Crippen molar-refractivity contribution < 1.29 is 0 Å². The van der Waals surface area contributed by atoms with E-state index in [4.69, 9.17) is 6.92 Å². The maximum absolute atomic E-state index is 5.53. The minimum absolute atomic E-state index is 0.753. The highest BCUT2D eigenvalue weighted by molar-refractivity contribution is 5.09. The van der Waals surface area contributed by atoms with Crippen molar-refractivity contribution in [3.05, 3.63) is 18.6 Å². The van der Waals surface area contributed by atoms with Crippen LogP contribution < -0.4 is 0 Å². The summed E-state index contributed by atoms with van der Waals surface area (Å²) in [5.41, 5.74) is 1.46. The van der Waals surface area contributed by atoms with Crippen molar-refractivity contribution in [3.63, 3.8) is 0 Å². The van der Waals surface area contributed by atoms with E-state index in [1.807, 2.05) is 0 Å². The van der Waals surface area contributed by atoms with E-state index in [0.717, 1.165) is 12.3 Å². The molecule has 0 aromatic heterocycles. The molecule has 0 saturated heterocycles. The number of rotatable bonds is 1. The van der Waals surface area contributed by atoms with Crippen molar-refractivity contribution >= 4 is 0 Å². The van der Waals surface area contributed by atoms with E-state index in [0.29, 0.717) is 0 Å². The summed E-state index contributed by atoms with van der Waals surface area (Å²) in [5.74, 6) is 0.753. The molecule has 0 amide bonds. The molecule has 0 spiro atoms. The molecule has 2 radical (unpaired) electrons. The normalized spacial score (nSPS) is 27.8. The molecule has 0 saturated carbocycles. The first-order valence-corrected chi connectivity index (χ1v) is 3.73. The maximum atomic E-state index is 5.53. The minimum atomic E-state index is 0.753. The molecule has 0 heterocycles. The number of hydrogen-bond donors (Lipinski definition) is 0. The Labute approximate surface area is 58.0 Å². The van der Waals surface area contributed by atoms with Gasteiger partial charge in [0.05, 0.1) is 0 Å². The molecule has 0 nitrogen and oxygen atoms in total. The summed E-state index contributed by atoms with van der Waals surface area (Å²) in [5, 5.41) is 0. The Balaban J connectivity index is 2.53. The second-order valence-corrected chi connectivity index (χ2v) is 2.82. The first-order chi connectivity index (χ1) is 4.34. The van der Waals surface area contributed by atoms with Crippen LogP contribution in [0, 0.1) is 12.8 Å². The van der Waals surface area contributed by atoms with Crippen LogP contribution in [0.25, 0.3) is 0 Å². The van der Waals surface area contributed by atoms with Gasteiger partial charge in [-0.15, -0.1) is 0 Å². The molecule has 0 aliphatic heterocycles. The van der Waals surface area contributed by atoms with Gasteiger partial charge in [0, 0.05) is 0 Å². The standard InChI is InChI=1S/C9H14/c1-3-9-7-5-4-6-8(9)2/h1,7-8H,3-6H2,2H3. The number of allylic oxidation sites excluding steroid dienone is 2. The highest BCUT2D eigenvalue weighted by Crippen LogP contribution is 2.25. The molecule has 1 aliphatic carbocycles. The molecule has 50 valence electrons. The van der Waals surface area contributed by atoms with Gasteiger partial charge in [-0.2, -0.15) is 0 Å². The summed E-state index contributed by atoms with van der Waals surface area (Å²) in [6, 6.07) is 0. The van der Waals surface area contributed by atoms with Crippen molar-refractivity contribution in [2.75, 3.05) is 0 Å². The fraction of sp³-hybridized carbons (Fsp3) is 0.667. The van der Waals surface area contributed by atoms with E-state index < -0.39 is 0 Å². The second-order valence-electron chi connectivity index (χ2n) is 2.82. The Morgan fingerprint density at radius 1 is 1.78 bits per heavy atom. The third-order valence-electron chi connectivity index (χ3n) is 2.12. The van der Waals surface area contributed by atoms with E-state index >= 15 is 0 Å². The van der Waals surface area contributed by atoms with Crippen molar-refractivity contribution in [1.29, 1.82) is 0 Å². The lowest BCUT2D eigenvalue weighted by Gasteiger charge is -2.18. The van der Waals surface area contributed by atoms with Gasteiger partial charge in [0.1, 0.15) is 0 Å². The summed E-state index contributed by atoms with van der Waals surface area (Å²) in [4.78, 5) is 0. The van der Waals surface area contributed by atoms with Gasteiger partial charge in [0.2, 0.25) is 0 Å². The van der Waals surface area contributed by atoms with E-state index in [-0.39, 0.29) is 0 Å². The van der Waals surface area contributed by atoms with Crippen molar-refractivity contribution in [1.82, 2.24) is 0 Å². The van der Waals surface area contributed by atoms with Crippen LogP contribution in [0.15, 0.2) is 11.6 Å². The zero-order valence-corrected chi connectivity index (χ0v) is 6.06. The van der Waals surface area contributed by atoms with Crippen molar-refractivity contribution in [3.8, 4) is 0 Å². The summed E-state index contributed by atoms with van der Waals surface area (Å²) in [6.45, 7) is 7.79. The highest BCUT2D eigenvalue weighted by atomic mass is 14.1. The quantitative estimate of drug-likeness (QED) is 0.469. The molecule has 9 heavy (non-hydrogen) atoms. The summed E-state index contributed by atoms with van der Waals surface area (Å²) >= 11 is 0. The van der Waals surface area contributed by atoms with Crippen LogP contribution in [0.2, 0.25) is 0 Å². The Bertz CT molecular complexity index is 111. The Morgan fingerprint density at radius 2 is 2.56 bits per heavy atom. The van der Waals surface area contributed by atoms with Crippen LogP contribution in [0.1, 0.15) is 32.6 Å². The molecule has 0 N–H and O–H groups in total. The SMILES string of the molecule is [CH]CC1=CCCCC1C. The van der Waals surface area contributed by atoms with Gasteiger partial charge in [-0.1, -0.05) is 18.6 Å². The minimum Gasteiger partial charge on any atom is -0.0851 e. The van der Waals surface area contributed by atoms with Crippen molar-refractivity contribution in [2.45, 2.75) is 32.6 Å². The first-order valence-electron chi connectivity index (χ1n) is 3.73. The van der Waals surface area contributed by atoms with Gasteiger partial charge in [0.25, 0.3) is 0 Å². The van der Waals surface area contributed by atoms with Crippen LogP contribution in [0.3, 0.4) is 0 Å². The van der Waals surface area contributed by atoms with Gasteiger partial charge in [-0.05, 0) is 38.5 Å². The predicted octanol–water partition coefficient (Wildman–Crippen LogP) is 2.83. The van der Waals surface area contributed by atoms with E-state index in [9.17, 15) is 0 Å². The fourth-order valence-corrected chi connectivity index (χ4v) is 1.38. The Morgan fingerprint density at radius 3 is 3.00 bits per heavy atom. The second kappa shape index (κ2) is 3.05. The lowest BCUT2D eigenvalue weighted by Crippen LogP contribution is -2.02. The summed E-state index contributed by atoms with van der Waals surface area (Å²) < 4.78 is 0.